The summed E-state index contributed by atoms with van der Waals surface area (Å²) in [6.45, 7) is 7.62. The minimum atomic E-state index is -0.787. The van der Waals surface area contributed by atoms with Crippen molar-refractivity contribution in [3.63, 3.8) is 0 Å². The molecule has 0 spiro atoms. The lowest BCUT2D eigenvalue weighted by molar-refractivity contribution is -0.143. The molecule has 1 unspecified atom stereocenters. The molecule has 2 aromatic rings. The van der Waals surface area contributed by atoms with Gasteiger partial charge >= 0.3 is 0 Å². The summed E-state index contributed by atoms with van der Waals surface area (Å²) in [6, 6.07) is 15.9. The normalized spacial score (nSPS) is 17.1. The van der Waals surface area contributed by atoms with Gasteiger partial charge in [0.05, 0.1) is 18.5 Å². The van der Waals surface area contributed by atoms with Crippen LogP contribution in [-0.4, -0.2) is 34.2 Å². The highest BCUT2D eigenvalue weighted by atomic mass is 16.2. The van der Waals surface area contributed by atoms with E-state index in [2.05, 4.69) is 0 Å². The summed E-state index contributed by atoms with van der Waals surface area (Å²) >= 11 is 0. The van der Waals surface area contributed by atoms with Crippen LogP contribution in [0, 0.1) is 6.92 Å². The molecular formula is C23H26N2O3. The van der Waals surface area contributed by atoms with Gasteiger partial charge in [0, 0.05) is 5.54 Å². The molecular weight excluding hydrogens is 352 g/mol. The van der Waals surface area contributed by atoms with Crippen molar-refractivity contribution in [2.45, 2.75) is 52.1 Å². The van der Waals surface area contributed by atoms with Gasteiger partial charge in [-0.2, -0.15) is 0 Å². The van der Waals surface area contributed by atoms with Crippen LogP contribution in [0.1, 0.15) is 38.3 Å². The highest BCUT2D eigenvalue weighted by molar-refractivity contribution is 6.23. The van der Waals surface area contributed by atoms with Gasteiger partial charge in [-0.15, -0.1) is 0 Å². The van der Waals surface area contributed by atoms with Crippen LogP contribution in [0.4, 0.5) is 5.69 Å². The van der Waals surface area contributed by atoms with E-state index in [-0.39, 0.29) is 30.6 Å². The Kier molecular flexibility index (Phi) is 5.36. The summed E-state index contributed by atoms with van der Waals surface area (Å²) in [5.41, 5.74) is 1.89. The van der Waals surface area contributed by atoms with Gasteiger partial charge in [0.2, 0.25) is 11.8 Å². The number of anilines is 1. The van der Waals surface area contributed by atoms with E-state index in [1.54, 1.807) is 17.0 Å². The summed E-state index contributed by atoms with van der Waals surface area (Å²) < 4.78 is 0. The Labute approximate surface area is 166 Å². The van der Waals surface area contributed by atoms with E-state index in [4.69, 9.17) is 0 Å². The van der Waals surface area contributed by atoms with E-state index in [0.717, 1.165) is 11.1 Å². The zero-order valence-electron chi connectivity index (χ0n) is 16.8. The molecule has 0 radical (unpaired) electrons. The van der Waals surface area contributed by atoms with Gasteiger partial charge in [-0.1, -0.05) is 48.0 Å². The maximum absolute atomic E-state index is 13.2. The first kappa shape index (κ1) is 19.8. The highest BCUT2D eigenvalue weighted by Gasteiger charge is 2.47. The summed E-state index contributed by atoms with van der Waals surface area (Å²) in [5, 5.41) is 0. The van der Waals surface area contributed by atoms with Crippen LogP contribution in [0.15, 0.2) is 54.6 Å². The maximum Gasteiger partial charge on any atom is 0.257 e. The molecule has 0 aliphatic carbocycles. The van der Waals surface area contributed by atoms with Crippen molar-refractivity contribution < 1.29 is 14.4 Å². The van der Waals surface area contributed by atoms with Crippen molar-refractivity contribution >= 4 is 23.4 Å². The predicted molar refractivity (Wildman–Crippen MR) is 109 cm³/mol. The molecule has 0 bridgehead atoms. The SMILES string of the molecule is Cc1ccc(N2C(=O)CC(N(C(=O)Cc3ccccc3)C(C)(C)C)C2=O)cc1. The number of amides is 3. The van der Waals surface area contributed by atoms with Crippen molar-refractivity contribution in [1.82, 2.24) is 4.90 Å². The second-order valence-corrected chi connectivity index (χ2v) is 8.22. The second kappa shape index (κ2) is 7.58. The van der Waals surface area contributed by atoms with Gasteiger partial charge in [0.1, 0.15) is 6.04 Å². The second-order valence-electron chi connectivity index (χ2n) is 8.22. The van der Waals surface area contributed by atoms with Crippen LogP contribution < -0.4 is 4.90 Å². The number of hydrogen-bond acceptors (Lipinski definition) is 3. The van der Waals surface area contributed by atoms with E-state index in [9.17, 15) is 14.4 Å². The molecule has 28 heavy (non-hydrogen) atoms. The van der Waals surface area contributed by atoms with Gasteiger partial charge in [0.25, 0.3) is 5.91 Å². The number of rotatable bonds is 4. The van der Waals surface area contributed by atoms with E-state index in [1.807, 2.05) is 70.2 Å². The molecule has 146 valence electrons. The number of carbonyl (C=O) groups excluding carboxylic acids is 3. The number of aryl methyl sites for hydroxylation is 1. The maximum atomic E-state index is 13.2. The molecule has 1 heterocycles. The molecule has 2 aromatic carbocycles. The number of imide groups is 1. The Morgan fingerprint density at radius 1 is 1.04 bits per heavy atom. The Morgan fingerprint density at radius 2 is 1.64 bits per heavy atom. The molecule has 5 nitrogen and oxygen atoms in total. The van der Waals surface area contributed by atoms with Gasteiger partial charge in [-0.3, -0.25) is 14.4 Å². The quantitative estimate of drug-likeness (QED) is 0.765. The standard InChI is InChI=1S/C23H26N2O3/c1-16-10-12-18(13-11-16)24-20(26)15-19(22(24)28)25(23(2,3)4)21(27)14-17-8-6-5-7-9-17/h5-13,19H,14-15H2,1-4H3. The van der Waals surface area contributed by atoms with Crippen LogP contribution in [0.2, 0.25) is 0 Å². The zero-order chi connectivity index (χ0) is 20.5. The molecule has 1 saturated heterocycles. The fourth-order valence-electron chi connectivity index (χ4n) is 3.65. The third kappa shape index (κ3) is 3.98. The monoisotopic (exact) mass is 378 g/mol. The molecule has 1 aliphatic heterocycles. The smallest absolute Gasteiger partial charge is 0.257 e. The molecule has 0 aromatic heterocycles. The summed E-state index contributed by atoms with van der Waals surface area (Å²) in [7, 11) is 0. The summed E-state index contributed by atoms with van der Waals surface area (Å²) in [6.07, 6.45) is 0.200. The topological polar surface area (TPSA) is 57.7 Å². The molecule has 1 aliphatic rings. The average Bonchev–Trinajstić information content (AvgIpc) is 2.90. The van der Waals surface area contributed by atoms with E-state index >= 15 is 0 Å². The number of nitrogens with zero attached hydrogens (tertiary/aromatic N) is 2. The Morgan fingerprint density at radius 3 is 2.21 bits per heavy atom. The third-order valence-electron chi connectivity index (χ3n) is 4.92. The Bertz CT molecular complexity index is 882. The van der Waals surface area contributed by atoms with E-state index < -0.39 is 11.6 Å². The fraction of sp³-hybridized carbons (Fsp3) is 0.348. The largest absolute Gasteiger partial charge is 0.325 e. The highest BCUT2D eigenvalue weighted by Crippen LogP contribution is 2.30. The molecule has 1 atom stereocenters. The Hall–Kier alpha value is -2.95. The van der Waals surface area contributed by atoms with Gasteiger partial charge in [0.15, 0.2) is 0 Å². The first-order valence-electron chi connectivity index (χ1n) is 9.48. The number of hydrogen-bond donors (Lipinski definition) is 0. The van der Waals surface area contributed by atoms with Gasteiger partial charge < -0.3 is 4.90 Å². The van der Waals surface area contributed by atoms with Crippen molar-refractivity contribution in [3.8, 4) is 0 Å². The molecule has 3 amide bonds. The van der Waals surface area contributed by atoms with Crippen molar-refractivity contribution in [3.05, 3.63) is 65.7 Å². The lowest BCUT2D eigenvalue weighted by atomic mass is 9.99. The number of carbonyl (C=O) groups is 3. The van der Waals surface area contributed by atoms with E-state index in [0.29, 0.717) is 5.69 Å². The van der Waals surface area contributed by atoms with Crippen LogP contribution in [0.5, 0.6) is 0 Å². The van der Waals surface area contributed by atoms with Gasteiger partial charge in [-0.05, 0) is 45.4 Å². The molecule has 5 heteroatoms. The summed E-state index contributed by atoms with van der Waals surface area (Å²) in [4.78, 5) is 41.7. The zero-order valence-corrected chi connectivity index (χ0v) is 16.8. The predicted octanol–water partition coefficient (Wildman–Crippen LogP) is 3.50. The molecule has 1 fully saturated rings. The first-order valence-corrected chi connectivity index (χ1v) is 9.48. The average molecular weight is 378 g/mol. The minimum absolute atomic E-state index is 0.00447. The molecule has 0 saturated carbocycles. The van der Waals surface area contributed by atoms with Gasteiger partial charge in [-0.25, -0.2) is 4.90 Å². The third-order valence-corrected chi connectivity index (χ3v) is 4.92. The van der Waals surface area contributed by atoms with E-state index in [1.165, 1.54) is 4.90 Å². The lowest BCUT2D eigenvalue weighted by Gasteiger charge is -2.39. The van der Waals surface area contributed by atoms with Crippen LogP contribution in [-0.2, 0) is 20.8 Å². The Balaban J connectivity index is 1.89. The lowest BCUT2D eigenvalue weighted by Crippen LogP contribution is -2.55. The molecule has 3 rings (SSSR count). The van der Waals surface area contributed by atoms with Crippen molar-refractivity contribution in [1.29, 1.82) is 0 Å². The molecule has 0 N–H and O–H groups in total. The van der Waals surface area contributed by atoms with Crippen molar-refractivity contribution in [2.24, 2.45) is 0 Å². The fourth-order valence-corrected chi connectivity index (χ4v) is 3.65. The van der Waals surface area contributed by atoms with Crippen LogP contribution in [0.25, 0.3) is 0 Å². The minimum Gasteiger partial charge on any atom is -0.325 e. The van der Waals surface area contributed by atoms with Crippen LogP contribution in [0.3, 0.4) is 0 Å². The van der Waals surface area contributed by atoms with Crippen LogP contribution >= 0.6 is 0 Å². The number of benzene rings is 2. The first-order chi connectivity index (χ1) is 13.2. The summed E-state index contributed by atoms with van der Waals surface area (Å²) in [5.74, 6) is -0.776. The van der Waals surface area contributed by atoms with Crippen molar-refractivity contribution in [2.75, 3.05) is 4.90 Å².